The van der Waals surface area contributed by atoms with Crippen LogP contribution in [0.25, 0.3) is 0 Å². The normalized spacial score (nSPS) is 11.6. The van der Waals surface area contributed by atoms with Gasteiger partial charge >= 0.3 is 12.1 Å². The fourth-order valence-corrected chi connectivity index (χ4v) is 1.20. The van der Waals surface area contributed by atoms with Crippen LogP contribution in [0.2, 0.25) is 0 Å². The van der Waals surface area contributed by atoms with Crippen molar-refractivity contribution in [3.05, 3.63) is 16.6 Å². The molecule has 0 aliphatic heterocycles. The summed E-state index contributed by atoms with van der Waals surface area (Å²) in [6.45, 7) is 0. The van der Waals surface area contributed by atoms with Crippen LogP contribution in [-0.4, -0.2) is 15.4 Å². The molecule has 1 heterocycles. The largest absolute Gasteiger partial charge is 0.477 e. The molecule has 66 valence electrons. The Morgan fingerprint density at radius 1 is 1.58 bits per heavy atom. The molecular weight excluding hydrogens is 195 g/mol. The van der Waals surface area contributed by atoms with Gasteiger partial charge in [0, 0.05) is 0 Å². The first-order valence-electron chi connectivity index (χ1n) is 2.68. The molecule has 0 aliphatic carbocycles. The van der Waals surface area contributed by atoms with Crippen LogP contribution in [0.3, 0.4) is 0 Å². The van der Waals surface area contributed by atoms with Crippen molar-refractivity contribution in [3.63, 3.8) is 0 Å². The van der Waals surface area contributed by atoms with Gasteiger partial charge in [-0.3, -0.25) is 0 Å². The van der Waals surface area contributed by atoms with Crippen molar-refractivity contribution in [1.82, 2.24) is 4.37 Å². The van der Waals surface area contributed by atoms with Crippen LogP contribution < -0.4 is 0 Å². The molecule has 1 aromatic heterocycles. The molecule has 0 aliphatic rings. The average Bonchev–Trinajstić information content (AvgIpc) is 2.30. The number of carbonyl (C=O) groups is 1. The molecule has 0 atom stereocenters. The number of nitrogens with zero attached hydrogens (tertiary/aromatic N) is 1. The van der Waals surface area contributed by atoms with E-state index in [0.717, 1.165) is 0 Å². The quantitative estimate of drug-likeness (QED) is 0.747. The van der Waals surface area contributed by atoms with E-state index in [1.807, 2.05) is 0 Å². The standard InChI is InChI=1S/C5H2F3NO2S/c6-5(7,8)2-1-9-12-3(2)4(10)11/h1H,(H,10,11). The van der Waals surface area contributed by atoms with E-state index in [9.17, 15) is 18.0 Å². The highest BCUT2D eigenvalue weighted by Gasteiger charge is 2.37. The Bertz CT molecular complexity index is 306. The molecule has 0 saturated heterocycles. The van der Waals surface area contributed by atoms with Gasteiger partial charge in [0.1, 0.15) is 10.4 Å². The molecule has 1 rings (SSSR count). The Kier molecular flexibility index (Phi) is 2.05. The molecule has 0 fully saturated rings. The molecule has 0 aromatic carbocycles. The van der Waals surface area contributed by atoms with Gasteiger partial charge in [-0.1, -0.05) is 0 Å². The van der Waals surface area contributed by atoms with Gasteiger partial charge in [-0.2, -0.15) is 17.5 Å². The van der Waals surface area contributed by atoms with Crippen LogP contribution in [0.15, 0.2) is 6.20 Å². The number of alkyl halides is 3. The highest BCUT2D eigenvalue weighted by molar-refractivity contribution is 7.08. The summed E-state index contributed by atoms with van der Waals surface area (Å²) < 4.78 is 39.0. The van der Waals surface area contributed by atoms with E-state index in [0.29, 0.717) is 17.7 Å². The van der Waals surface area contributed by atoms with Crippen molar-refractivity contribution in [2.24, 2.45) is 0 Å². The Hall–Kier alpha value is -1.11. The van der Waals surface area contributed by atoms with Crippen molar-refractivity contribution in [3.8, 4) is 0 Å². The molecule has 0 unspecified atom stereocenters. The summed E-state index contributed by atoms with van der Waals surface area (Å²) in [5, 5.41) is 8.29. The predicted octanol–water partition coefficient (Wildman–Crippen LogP) is 1.86. The van der Waals surface area contributed by atoms with Crippen molar-refractivity contribution in [2.75, 3.05) is 0 Å². The molecule has 7 heteroatoms. The number of halogens is 3. The van der Waals surface area contributed by atoms with Crippen molar-refractivity contribution in [1.29, 1.82) is 0 Å². The molecule has 0 radical (unpaired) electrons. The Morgan fingerprint density at radius 3 is 2.50 bits per heavy atom. The second kappa shape index (κ2) is 2.74. The van der Waals surface area contributed by atoms with Gasteiger partial charge in [0.15, 0.2) is 0 Å². The molecule has 0 saturated carbocycles. The van der Waals surface area contributed by atoms with E-state index in [-0.39, 0.29) is 0 Å². The molecule has 1 aromatic rings. The Balaban J connectivity index is 3.17. The van der Waals surface area contributed by atoms with E-state index in [1.165, 1.54) is 0 Å². The number of aromatic carboxylic acids is 1. The van der Waals surface area contributed by atoms with Gasteiger partial charge in [0.25, 0.3) is 0 Å². The predicted molar refractivity (Wildman–Crippen MR) is 34.1 cm³/mol. The van der Waals surface area contributed by atoms with Crippen LogP contribution >= 0.6 is 11.5 Å². The first-order valence-corrected chi connectivity index (χ1v) is 3.45. The number of rotatable bonds is 1. The zero-order valence-electron chi connectivity index (χ0n) is 5.42. The lowest BCUT2D eigenvalue weighted by molar-refractivity contribution is -0.137. The number of hydrogen-bond acceptors (Lipinski definition) is 3. The third-order valence-electron chi connectivity index (χ3n) is 1.07. The van der Waals surface area contributed by atoms with Crippen molar-refractivity contribution >= 4 is 17.5 Å². The van der Waals surface area contributed by atoms with Gasteiger partial charge in [0.2, 0.25) is 0 Å². The Labute approximate surface area is 68.6 Å². The van der Waals surface area contributed by atoms with Crippen molar-refractivity contribution < 1.29 is 23.1 Å². The number of aromatic nitrogens is 1. The minimum absolute atomic E-state index is 0.315. The second-order valence-corrected chi connectivity index (χ2v) is 2.67. The third-order valence-corrected chi connectivity index (χ3v) is 1.86. The van der Waals surface area contributed by atoms with Crippen molar-refractivity contribution in [2.45, 2.75) is 6.18 Å². The van der Waals surface area contributed by atoms with Gasteiger partial charge in [-0.25, -0.2) is 4.79 Å². The summed E-state index contributed by atoms with van der Waals surface area (Å²) in [7, 11) is 0. The zero-order valence-corrected chi connectivity index (χ0v) is 6.24. The van der Waals surface area contributed by atoms with E-state index in [4.69, 9.17) is 5.11 Å². The van der Waals surface area contributed by atoms with Gasteiger partial charge < -0.3 is 5.11 Å². The van der Waals surface area contributed by atoms with Crippen LogP contribution in [0.5, 0.6) is 0 Å². The fraction of sp³-hybridized carbons (Fsp3) is 0.200. The maximum absolute atomic E-state index is 11.9. The summed E-state index contributed by atoms with van der Waals surface area (Å²) in [4.78, 5) is 9.42. The summed E-state index contributed by atoms with van der Waals surface area (Å²) in [6.07, 6.45) is -4.13. The van der Waals surface area contributed by atoms with Crippen LogP contribution in [0.4, 0.5) is 13.2 Å². The van der Waals surface area contributed by atoms with Gasteiger partial charge in [-0.05, 0) is 11.5 Å². The van der Waals surface area contributed by atoms with Gasteiger partial charge in [0.05, 0.1) is 6.20 Å². The van der Waals surface area contributed by atoms with Crippen LogP contribution in [-0.2, 0) is 6.18 Å². The number of carboxylic acids is 1. The SMILES string of the molecule is O=C(O)c1sncc1C(F)(F)F. The lowest BCUT2D eigenvalue weighted by Crippen LogP contribution is -2.09. The van der Waals surface area contributed by atoms with Gasteiger partial charge in [-0.15, -0.1) is 0 Å². The Morgan fingerprint density at radius 2 is 2.17 bits per heavy atom. The molecular formula is C5H2F3NO2S. The molecule has 0 amide bonds. The topological polar surface area (TPSA) is 50.2 Å². The zero-order chi connectivity index (χ0) is 9.35. The fourth-order valence-electron chi connectivity index (χ4n) is 0.596. The van der Waals surface area contributed by atoms with E-state index in [2.05, 4.69) is 4.37 Å². The molecule has 3 nitrogen and oxygen atoms in total. The van der Waals surface area contributed by atoms with Crippen LogP contribution in [0.1, 0.15) is 15.2 Å². The summed E-state index contributed by atoms with van der Waals surface area (Å²) in [5.41, 5.74) is -1.19. The first-order chi connectivity index (χ1) is 5.43. The number of carboxylic acid groups (broad SMARTS) is 1. The molecule has 0 bridgehead atoms. The lowest BCUT2D eigenvalue weighted by Gasteiger charge is -2.02. The molecule has 12 heavy (non-hydrogen) atoms. The van der Waals surface area contributed by atoms with E-state index < -0.39 is 22.6 Å². The smallest absolute Gasteiger partial charge is 0.419 e. The monoisotopic (exact) mass is 197 g/mol. The lowest BCUT2D eigenvalue weighted by atomic mass is 10.3. The summed E-state index contributed by atoms with van der Waals surface area (Å²) in [6, 6.07) is 0. The highest BCUT2D eigenvalue weighted by Crippen LogP contribution is 2.33. The van der Waals surface area contributed by atoms with E-state index in [1.54, 1.807) is 0 Å². The minimum atomic E-state index is -4.64. The average molecular weight is 197 g/mol. The maximum atomic E-state index is 11.9. The van der Waals surface area contributed by atoms with Crippen LogP contribution in [0, 0.1) is 0 Å². The third kappa shape index (κ3) is 1.55. The summed E-state index contributed by atoms with van der Waals surface area (Å²) in [5.74, 6) is -1.61. The second-order valence-electron chi connectivity index (χ2n) is 1.87. The maximum Gasteiger partial charge on any atom is 0.419 e. The van der Waals surface area contributed by atoms with E-state index >= 15 is 0 Å². The summed E-state index contributed by atoms with van der Waals surface area (Å²) >= 11 is 0.315. The highest BCUT2D eigenvalue weighted by atomic mass is 32.1. The minimum Gasteiger partial charge on any atom is -0.477 e. The molecule has 1 N–H and O–H groups in total. The number of hydrogen-bond donors (Lipinski definition) is 1. The first kappa shape index (κ1) is 8.98. The molecule has 0 spiro atoms.